The highest BCUT2D eigenvalue weighted by Gasteiger charge is 2.37. The number of carbonyl (C=O) groups is 2. The lowest BCUT2D eigenvalue weighted by Gasteiger charge is -2.17. The third-order valence-electron chi connectivity index (χ3n) is 6.31. The molecule has 1 amide bonds. The molecule has 1 aromatic carbocycles. The Bertz CT molecular complexity index is 1460. The smallest absolute Gasteiger partial charge is 0.420 e. The van der Waals surface area contributed by atoms with Crippen molar-refractivity contribution < 1.29 is 31.9 Å². The predicted octanol–water partition coefficient (Wildman–Crippen LogP) is 5.68. The molecule has 0 radical (unpaired) electrons. The van der Waals surface area contributed by atoms with Crippen molar-refractivity contribution in [3.05, 3.63) is 82.7 Å². The number of rotatable bonds is 4. The van der Waals surface area contributed by atoms with Gasteiger partial charge in [-0.05, 0) is 30.2 Å². The van der Waals surface area contributed by atoms with E-state index < -0.39 is 29.3 Å². The summed E-state index contributed by atoms with van der Waals surface area (Å²) in [5, 5.41) is -0.218. The third-order valence-corrected chi connectivity index (χ3v) is 6.67. The van der Waals surface area contributed by atoms with E-state index in [1.807, 2.05) is 0 Å². The van der Waals surface area contributed by atoms with Crippen LogP contribution in [-0.2, 0) is 10.9 Å². The number of halogens is 4. The standard InChI is InChI=1S/C25H19ClF3N3O4/c1-35-24(34)18-5-3-2-4-17(18)14-6-8-31(11-14)23(33)20-21(26)32-12-16(15-7-9-36-13-15)10-19(22(32)30-20)25(27,28)29/h2-5,7,9-10,12-14H,6,8,11H2,1H3. The number of hydrogen-bond donors (Lipinski definition) is 0. The van der Waals surface area contributed by atoms with Crippen molar-refractivity contribution >= 4 is 29.1 Å². The number of pyridine rings is 1. The number of alkyl halides is 3. The summed E-state index contributed by atoms with van der Waals surface area (Å²) in [5.74, 6) is -1.22. The Kier molecular flexibility index (Phi) is 5.99. The van der Waals surface area contributed by atoms with Crippen molar-refractivity contribution in [3.8, 4) is 11.1 Å². The third kappa shape index (κ3) is 4.11. The van der Waals surface area contributed by atoms with Crippen LogP contribution >= 0.6 is 11.6 Å². The van der Waals surface area contributed by atoms with Crippen molar-refractivity contribution in [1.29, 1.82) is 0 Å². The minimum Gasteiger partial charge on any atom is -0.472 e. The minimum absolute atomic E-state index is 0.154. The number of carbonyl (C=O) groups excluding carboxylic acids is 2. The van der Waals surface area contributed by atoms with Crippen LogP contribution in [0.3, 0.4) is 0 Å². The zero-order valence-corrected chi connectivity index (χ0v) is 19.6. The number of esters is 1. The average molecular weight is 518 g/mol. The number of furan rings is 1. The summed E-state index contributed by atoms with van der Waals surface area (Å²) in [6.45, 7) is 0.582. The summed E-state index contributed by atoms with van der Waals surface area (Å²) in [5.41, 5.74) is 0.0301. The first-order valence-electron chi connectivity index (χ1n) is 11.0. The number of ether oxygens (including phenoxy) is 1. The zero-order chi connectivity index (χ0) is 25.6. The Balaban J connectivity index is 1.50. The van der Waals surface area contributed by atoms with Gasteiger partial charge in [0.15, 0.2) is 11.3 Å². The highest BCUT2D eigenvalue weighted by atomic mass is 35.5. The number of nitrogens with zero attached hydrogens (tertiary/aromatic N) is 3. The van der Waals surface area contributed by atoms with Gasteiger partial charge in [-0.1, -0.05) is 29.8 Å². The van der Waals surface area contributed by atoms with Gasteiger partial charge < -0.3 is 14.1 Å². The molecule has 5 rings (SSSR count). The van der Waals surface area contributed by atoms with E-state index in [1.54, 1.807) is 24.3 Å². The summed E-state index contributed by atoms with van der Waals surface area (Å²) in [6.07, 6.45) is -0.120. The number of amides is 1. The lowest BCUT2D eigenvalue weighted by Crippen LogP contribution is -2.29. The summed E-state index contributed by atoms with van der Waals surface area (Å²) in [6, 6.07) is 9.44. The highest BCUT2D eigenvalue weighted by Crippen LogP contribution is 2.38. The van der Waals surface area contributed by atoms with Crippen molar-refractivity contribution in [1.82, 2.24) is 14.3 Å². The van der Waals surface area contributed by atoms with Gasteiger partial charge in [0.05, 0.1) is 30.8 Å². The van der Waals surface area contributed by atoms with E-state index in [2.05, 4.69) is 4.98 Å². The SMILES string of the molecule is COC(=O)c1ccccc1C1CCN(C(=O)c2nc3c(C(F)(F)F)cc(-c4ccoc4)cn3c2Cl)C1. The maximum absolute atomic E-state index is 13.9. The maximum atomic E-state index is 13.9. The van der Waals surface area contributed by atoms with Crippen LogP contribution in [0.1, 0.15) is 44.3 Å². The van der Waals surface area contributed by atoms with Gasteiger partial charge in [0.2, 0.25) is 0 Å². The molecule has 3 aromatic heterocycles. The first-order valence-corrected chi connectivity index (χ1v) is 11.3. The van der Waals surface area contributed by atoms with Gasteiger partial charge in [-0.25, -0.2) is 9.78 Å². The number of likely N-dealkylation sites (tertiary alicyclic amines) is 1. The quantitative estimate of drug-likeness (QED) is 0.325. The van der Waals surface area contributed by atoms with Gasteiger partial charge in [-0.2, -0.15) is 13.2 Å². The lowest BCUT2D eigenvalue weighted by atomic mass is 9.93. The summed E-state index contributed by atoms with van der Waals surface area (Å²) in [4.78, 5) is 31.0. The molecule has 0 aliphatic carbocycles. The van der Waals surface area contributed by atoms with Crippen LogP contribution < -0.4 is 0 Å². The zero-order valence-electron chi connectivity index (χ0n) is 18.9. The van der Waals surface area contributed by atoms with Crippen molar-refractivity contribution in [2.75, 3.05) is 20.2 Å². The highest BCUT2D eigenvalue weighted by molar-refractivity contribution is 6.33. The fourth-order valence-corrected chi connectivity index (χ4v) is 4.80. The molecule has 186 valence electrons. The summed E-state index contributed by atoms with van der Waals surface area (Å²) >= 11 is 6.43. The van der Waals surface area contributed by atoms with E-state index >= 15 is 0 Å². The first-order chi connectivity index (χ1) is 17.2. The van der Waals surface area contributed by atoms with E-state index in [-0.39, 0.29) is 28.9 Å². The van der Waals surface area contributed by atoms with E-state index in [0.29, 0.717) is 24.1 Å². The molecule has 0 saturated carbocycles. The Hall–Kier alpha value is -3.79. The van der Waals surface area contributed by atoms with Crippen LogP contribution in [0, 0.1) is 0 Å². The Labute approximate surface area is 208 Å². The van der Waals surface area contributed by atoms with Crippen molar-refractivity contribution in [2.45, 2.75) is 18.5 Å². The van der Waals surface area contributed by atoms with Crippen LogP contribution in [0.5, 0.6) is 0 Å². The van der Waals surface area contributed by atoms with Crippen LogP contribution in [0.2, 0.25) is 5.15 Å². The molecular formula is C25H19ClF3N3O4. The molecule has 1 aliphatic rings. The number of benzene rings is 1. The largest absolute Gasteiger partial charge is 0.472 e. The van der Waals surface area contributed by atoms with Crippen LogP contribution in [-0.4, -0.2) is 46.4 Å². The molecule has 36 heavy (non-hydrogen) atoms. The molecular weight excluding hydrogens is 499 g/mol. The molecule has 0 spiro atoms. The molecule has 4 heterocycles. The first kappa shape index (κ1) is 23.9. The molecule has 1 fully saturated rings. The fraction of sp³-hybridized carbons (Fsp3) is 0.240. The van der Waals surface area contributed by atoms with Crippen molar-refractivity contribution in [3.63, 3.8) is 0 Å². The Morgan fingerprint density at radius 2 is 1.97 bits per heavy atom. The van der Waals surface area contributed by atoms with Crippen LogP contribution in [0.4, 0.5) is 13.2 Å². The van der Waals surface area contributed by atoms with E-state index in [9.17, 15) is 22.8 Å². The normalized spacial score (nSPS) is 16.0. The fourth-order valence-electron chi connectivity index (χ4n) is 4.55. The van der Waals surface area contributed by atoms with Gasteiger partial charge in [-0.15, -0.1) is 0 Å². The molecule has 7 nitrogen and oxygen atoms in total. The lowest BCUT2D eigenvalue weighted by molar-refractivity contribution is -0.136. The van der Waals surface area contributed by atoms with Crippen LogP contribution in [0.15, 0.2) is 59.5 Å². The van der Waals surface area contributed by atoms with E-state index in [0.717, 1.165) is 16.0 Å². The van der Waals surface area contributed by atoms with Gasteiger partial charge in [-0.3, -0.25) is 9.20 Å². The second kappa shape index (κ2) is 9.02. The minimum atomic E-state index is -4.73. The second-order valence-corrected chi connectivity index (χ2v) is 8.77. The van der Waals surface area contributed by atoms with Crippen molar-refractivity contribution in [2.24, 2.45) is 0 Å². The van der Waals surface area contributed by atoms with E-state index in [4.69, 9.17) is 20.8 Å². The van der Waals surface area contributed by atoms with Crippen LogP contribution in [0.25, 0.3) is 16.8 Å². The van der Waals surface area contributed by atoms with Gasteiger partial charge >= 0.3 is 12.1 Å². The summed E-state index contributed by atoms with van der Waals surface area (Å²) in [7, 11) is 1.29. The van der Waals surface area contributed by atoms with Gasteiger partial charge in [0.25, 0.3) is 5.91 Å². The molecule has 11 heteroatoms. The number of imidazole rings is 1. The number of hydrogen-bond acceptors (Lipinski definition) is 5. The predicted molar refractivity (Wildman–Crippen MR) is 124 cm³/mol. The molecule has 4 aromatic rings. The number of fused-ring (bicyclic) bond motifs is 1. The second-order valence-electron chi connectivity index (χ2n) is 8.41. The van der Waals surface area contributed by atoms with Gasteiger partial charge in [0.1, 0.15) is 5.15 Å². The Morgan fingerprint density at radius 1 is 1.19 bits per heavy atom. The average Bonchev–Trinajstić information content (AvgIpc) is 3.63. The van der Waals surface area contributed by atoms with E-state index in [1.165, 1.54) is 36.8 Å². The monoisotopic (exact) mass is 517 g/mol. The number of methoxy groups -OCH3 is 1. The topological polar surface area (TPSA) is 77.0 Å². The Morgan fingerprint density at radius 3 is 2.67 bits per heavy atom. The molecule has 1 saturated heterocycles. The molecule has 1 atom stereocenters. The number of aromatic nitrogens is 2. The van der Waals surface area contributed by atoms with Gasteiger partial charge in [0, 0.05) is 36.3 Å². The summed E-state index contributed by atoms with van der Waals surface area (Å²) < 4.78 is 52.6. The molecule has 1 unspecified atom stereocenters. The molecule has 0 N–H and O–H groups in total. The molecule has 1 aliphatic heterocycles. The molecule has 0 bridgehead atoms. The maximum Gasteiger partial charge on any atom is 0.420 e.